The molecule has 2 aromatic heterocycles. The highest BCUT2D eigenvalue weighted by atomic mass is 32.2. The molecular formula is C18H23N5O4S2. The Kier molecular flexibility index (Phi) is 7.57. The molecule has 0 fully saturated rings. The molecule has 0 saturated carbocycles. The Morgan fingerprint density at radius 1 is 1.31 bits per heavy atom. The summed E-state index contributed by atoms with van der Waals surface area (Å²) in [6.07, 6.45) is 1.72. The second kappa shape index (κ2) is 9.70. The first-order valence-corrected chi connectivity index (χ1v) is 10.4. The third kappa shape index (κ3) is 5.04. The van der Waals surface area contributed by atoms with Gasteiger partial charge in [-0.15, -0.1) is 28.1 Å². The van der Waals surface area contributed by atoms with Gasteiger partial charge in [0.15, 0.2) is 5.16 Å². The van der Waals surface area contributed by atoms with Crippen LogP contribution in [0.4, 0.5) is 5.00 Å². The molecule has 0 bridgehead atoms. The number of hydrogen-bond acceptors (Lipinski definition) is 8. The average molecular weight is 438 g/mol. The van der Waals surface area contributed by atoms with Crippen molar-refractivity contribution in [2.75, 3.05) is 32.3 Å². The number of hydrogen-bond donors (Lipinski definition) is 1. The number of ether oxygens (including phenoxy) is 1. The van der Waals surface area contributed by atoms with Crippen LogP contribution in [0.2, 0.25) is 0 Å². The van der Waals surface area contributed by atoms with Crippen LogP contribution < -0.4 is 5.32 Å². The fraction of sp³-hybridized carbons (Fsp3) is 0.389. The predicted octanol–water partition coefficient (Wildman–Crippen LogP) is 2.36. The average Bonchev–Trinajstić information content (AvgIpc) is 3.19. The lowest BCUT2D eigenvalue weighted by Gasteiger charge is -2.08. The van der Waals surface area contributed by atoms with E-state index in [0.29, 0.717) is 22.1 Å². The van der Waals surface area contributed by atoms with E-state index in [9.17, 15) is 14.4 Å². The Morgan fingerprint density at radius 3 is 2.59 bits per heavy atom. The highest BCUT2D eigenvalue weighted by Gasteiger charge is 2.27. The summed E-state index contributed by atoms with van der Waals surface area (Å²) in [4.78, 5) is 38.9. The highest BCUT2D eigenvalue weighted by molar-refractivity contribution is 7.99. The van der Waals surface area contributed by atoms with Crippen molar-refractivity contribution in [3.8, 4) is 0 Å². The van der Waals surface area contributed by atoms with E-state index in [2.05, 4.69) is 22.1 Å². The molecular weight excluding hydrogens is 414 g/mol. The Bertz CT molecular complexity index is 948. The molecule has 0 aromatic carbocycles. The van der Waals surface area contributed by atoms with E-state index in [-0.39, 0.29) is 28.1 Å². The smallest absolute Gasteiger partial charge is 0.341 e. The van der Waals surface area contributed by atoms with Crippen molar-refractivity contribution in [1.29, 1.82) is 0 Å². The number of allylic oxidation sites excluding steroid dienone is 1. The lowest BCUT2D eigenvalue weighted by Crippen LogP contribution is -2.21. The number of aromatic nitrogens is 3. The number of thiophene rings is 1. The number of aryl methyl sites for hydroxylation is 1. The van der Waals surface area contributed by atoms with Crippen LogP contribution in [0.5, 0.6) is 0 Å². The minimum atomic E-state index is -0.610. The fourth-order valence-electron chi connectivity index (χ4n) is 2.46. The summed E-state index contributed by atoms with van der Waals surface area (Å²) in [6.45, 7) is 7.72. The molecule has 0 spiro atoms. The zero-order valence-electron chi connectivity index (χ0n) is 16.9. The van der Waals surface area contributed by atoms with E-state index in [1.54, 1.807) is 27.1 Å². The molecule has 156 valence electrons. The molecule has 29 heavy (non-hydrogen) atoms. The Balaban J connectivity index is 2.21. The molecule has 0 aliphatic heterocycles. The molecule has 2 amide bonds. The van der Waals surface area contributed by atoms with Gasteiger partial charge < -0.3 is 19.5 Å². The number of carbonyl (C=O) groups is 3. The van der Waals surface area contributed by atoms with Gasteiger partial charge in [0.25, 0.3) is 5.91 Å². The largest absolute Gasteiger partial charge is 0.465 e. The van der Waals surface area contributed by atoms with Crippen molar-refractivity contribution < 1.29 is 19.1 Å². The maximum absolute atomic E-state index is 12.5. The minimum absolute atomic E-state index is 0.0593. The van der Waals surface area contributed by atoms with Crippen LogP contribution in [0.15, 0.2) is 17.8 Å². The molecule has 0 aliphatic rings. The predicted molar refractivity (Wildman–Crippen MR) is 113 cm³/mol. The fourth-order valence-corrected chi connectivity index (χ4v) is 4.48. The topological polar surface area (TPSA) is 106 Å². The van der Waals surface area contributed by atoms with Gasteiger partial charge in [-0.1, -0.05) is 17.8 Å². The van der Waals surface area contributed by atoms with Crippen molar-refractivity contribution in [2.24, 2.45) is 0 Å². The number of methoxy groups -OCH3 is 1. The van der Waals surface area contributed by atoms with Crippen LogP contribution in [0.3, 0.4) is 0 Å². The number of thioether (sulfide) groups is 1. The second-order valence-corrected chi connectivity index (χ2v) is 8.18. The number of carbonyl (C=O) groups excluding carboxylic acids is 3. The van der Waals surface area contributed by atoms with Gasteiger partial charge in [-0.3, -0.25) is 9.59 Å². The molecule has 0 saturated heterocycles. The Labute approximate surface area is 177 Å². The van der Waals surface area contributed by atoms with E-state index in [1.165, 1.54) is 23.8 Å². The number of esters is 1. The van der Waals surface area contributed by atoms with E-state index in [4.69, 9.17) is 4.74 Å². The molecule has 11 heteroatoms. The number of anilines is 1. The Morgan fingerprint density at radius 2 is 2.00 bits per heavy atom. The third-order valence-corrected chi connectivity index (χ3v) is 6.10. The first-order chi connectivity index (χ1) is 13.7. The number of nitrogens with one attached hydrogen (secondary N) is 1. The Hall–Kier alpha value is -2.66. The van der Waals surface area contributed by atoms with Crippen LogP contribution in [0.1, 0.15) is 31.4 Å². The molecule has 2 aromatic rings. The zero-order chi connectivity index (χ0) is 21.7. The summed E-state index contributed by atoms with van der Waals surface area (Å²) in [5.74, 6) is -0.414. The summed E-state index contributed by atoms with van der Waals surface area (Å²) in [7, 11) is 4.49. The molecule has 0 unspecified atom stereocenters. The SMILES string of the molecule is C=CCn1c(C)nnc1SCC(=O)Nc1sc(C(=O)N(C)C)c(C)c1C(=O)OC. The van der Waals surface area contributed by atoms with Crippen LogP contribution in [-0.4, -0.2) is 64.4 Å². The molecule has 0 aliphatic carbocycles. The number of amides is 2. The second-order valence-electron chi connectivity index (χ2n) is 6.22. The van der Waals surface area contributed by atoms with Gasteiger partial charge in [-0.05, 0) is 19.4 Å². The summed E-state index contributed by atoms with van der Waals surface area (Å²) >= 11 is 2.27. The summed E-state index contributed by atoms with van der Waals surface area (Å²) in [5.41, 5.74) is 0.663. The van der Waals surface area contributed by atoms with Crippen LogP contribution in [-0.2, 0) is 16.1 Å². The van der Waals surface area contributed by atoms with Crippen LogP contribution in [0.25, 0.3) is 0 Å². The van der Waals surface area contributed by atoms with Gasteiger partial charge in [0, 0.05) is 20.6 Å². The van der Waals surface area contributed by atoms with Crippen molar-refractivity contribution in [3.63, 3.8) is 0 Å². The standard InChI is InChI=1S/C18H23N5O4S2/c1-7-8-23-11(3)20-21-18(23)28-9-12(24)19-15-13(17(26)27-6)10(2)14(29-15)16(25)22(4)5/h7H,1,8-9H2,2-6H3,(H,19,24). The normalized spacial score (nSPS) is 10.5. The van der Waals surface area contributed by atoms with E-state index in [0.717, 1.165) is 17.2 Å². The molecule has 9 nitrogen and oxygen atoms in total. The van der Waals surface area contributed by atoms with Crippen molar-refractivity contribution in [3.05, 3.63) is 34.5 Å². The van der Waals surface area contributed by atoms with Crippen LogP contribution in [0, 0.1) is 13.8 Å². The van der Waals surface area contributed by atoms with E-state index >= 15 is 0 Å². The monoisotopic (exact) mass is 437 g/mol. The first kappa shape index (κ1) is 22.6. The van der Waals surface area contributed by atoms with Crippen LogP contribution >= 0.6 is 23.1 Å². The molecule has 2 heterocycles. The number of nitrogens with zero attached hydrogens (tertiary/aromatic N) is 4. The minimum Gasteiger partial charge on any atom is -0.465 e. The van der Waals surface area contributed by atoms with Gasteiger partial charge >= 0.3 is 5.97 Å². The highest BCUT2D eigenvalue weighted by Crippen LogP contribution is 2.34. The first-order valence-electron chi connectivity index (χ1n) is 8.57. The van der Waals surface area contributed by atoms with Gasteiger partial charge in [0.05, 0.1) is 23.3 Å². The third-order valence-electron chi connectivity index (χ3n) is 3.94. The molecule has 0 radical (unpaired) electrons. The maximum atomic E-state index is 12.5. The van der Waals surface area contributed by atoms with Gasteiger partial charge in [0.2, 0.25) is 5.91 Å². The van der Waals surface area contributed by atoms with E-state index in [1.807, 2.05) is 11.5 Å². The lowest BCUT2D eigenvalue weighted by atomic mass is 10.1. The molecule has 2 rings (SSSR count). The number of rotatable bonds is 8. The zero-order valence-corrected chi connectivity index (χ0v) is 18.6. The summed E-state index contributed by atoms with van der Waals surface area (Å²) in [5, 5.41) is 11.7. The lowest BCUT2D eigenvalue weighted by molar-refractivity contribution is -0.113. The van der Waals surface area contributed by atoms with E-state index < -0.39 is 5.97 Å². The van der Waals surface area contributed by atoms with Gasteiger partial charge in [0.1, 0.15) is 10.8 Å². The molecule has 0 atom stereocenters. The van der Waals surface area contributed by atoms with Crippen molar-refractivity contribution in [1.82, 2.24) is 19.7 Å². The molecule has 1 N–H and O–H groups in total. The quantitative estimate of drug-likeness (QED) is 0.384. The van der Waals surface area contributed by atoms with Crippen molar-refractivity contribution in [2.45, 2.75) is 25.5 Å². The van der Waals surface area contributed by atoms with Crippen molar-refractivity contribution >= 4 is 45.9 Å². The van der Waals surface area contributed by atoms with Gasteiger partial charge in [-0.25, -0.2) is 4.79 Å². The summed E-state index contributed by atoms with van der Waals surface area (Å²) in [6, 6.07) is 0. The van der Waals surface area contributed by atoms with Gasteiger partial charge in [-0.2, -0.15) is 0 Å². The maximum Gasteiger partial charge on any atom is 0.341 e. The summed E-state index contributed by atoms with van der Waals surface area (Å²) < 4.78 is 6.66.